The Morgan fingerprint density at radius 3 is 2.20 bits per heavy atom. The Hall–Kier alpha value is -1.93. The Morgan fingerprint density at radius 2 is 1.63 bits per heavy atom. The second kappa shape index (κ2) is 10.1. The van der Waals surface area contributed by atoms with Crippen molar-refractivity contribution in [3.63, 3.8) is 0 Å². The summed E-state index contributed by atoms with van der Waals surface area (Å²) in [6.45, 7) is 14.2. The highest BCUT2D eigenvalue weighted by Crippen LogP contribution is 2.75. The molecule has 0 spiro atoms. The van der Waals surface area contributed by atoms with E-state index in [9.17, 15) is 24.6 Å². The average Bonchev–Trinajstić information content (AvgIpc) is 2.90. The molecule has 0 unspecified atom stereocenters. The van der Waals surface area contributed by atoms with Gasteiger partial charge in [-0.1, -0.05) is 39.3 Å². The van der Waals surface area contributed by atoms with E-state index in [1.165, 1.54) is 21.3 Å². The highest BCUT2D eigenvalue weighted by molar-refractivity contribution is 5.80. The van der Waals surface area contributed by atoms with Gasteiger partial charge in [-0.25, -0.2) is 0 Å². The van der Waals surface area contributed by atoms with E-state index in [0.717, 1.165) is 12.0 Å². The van der Waals surface area contributed by atoms with E-state index in [1.54, 1.807) is 0 Å². The molecule has 8 nitrogen and oxygen atoms in total. The van der Waals surface area contributed by atoms with Crippen molar-refractivity contribution in [3.8, 4) is 0 Å². The van der Waals surface area contributed by atoms with E-state index in [4.69, 9.17) is 14.2 Å². The predicted octanol–water partition coefficient (Wildman–Crippen LogP) is 4.85. The summed E-state index contributed by atoms with van der Waals surface area (Å²) in [5, 5.41) is 24.1. The van der Waals surface area contributed by atoms with Crippen LogP contribution in [-0.4, -0.2) is 61.2 Å². The minimum Gasteiger partial charge on any atom is -0.469 e. The lowest BCUT2D eigenvalue weighted by molar-refractivity contribution is -0.231. The number of esters is 3. The lowest BCUT2D eigenvalue weighted by Crippen LogP contribution is -2.70. The summed E-state index contributed by atoms with van der Waals surface area (Å²) >= 11 is 0. The molecule has 0 saturated heterocycles. The van der Waals surface area contributed by atoms with Gasteiger partial charge in [-0.05, 0) is 93.3 Å². The van der Waals surface area contributed by atoms with E-state index in [1.807, 2.05) is 27.7 Å². The molecule has 41 heavy (non-hydrogen) atoms. The van der Waals surface area contributed by atoms with Gasteiger partial charge in [0.1, 0.15) is 5.41 Å². The van der Waals surface area contributed by atoms with Crippen LogP contribution < -0.4 is 0 Å². The predicted molar refractivity (Wildman–Crippen MR) is 153 cm³/mol. The van der Waals surface area contributed by atoms with E-state index < -0.39 is 50.7 Å². The minimum absolute atomic E-state index is 0.0330. The number of fused-ring (bicyclic) bond motifs is 5. The van der Waals surface area contributed by atoms with Gasteiger partial charge in [0.15, 0.2) is 0 Å². The third kappa shape index (κ3) is 4.09. The molecule has 0 radical (unpaired) electrons. The lowest BCUT2D eigenvalue weighted by Gasteiger charge is -2.71. The fourth-order valence-corrected chi connectivity index (χ4v) is 10.7. The number of carbonyl (C=O) groups excluding carboxylic acids is 3. The Labute approximate surface area is 245 Å². The number of rotatable bonds is 5. The minimum atomic E-state index is -1.23. The highest BCUT2D eigenvalue weighted by atomic mass is 16.5. The first-order chi connectivity index (χ1) is 18.9. The standard InChI is InChI=1S/C33H52O8/c1-19-13-16-33(27(37)41-10)23(34)17-31(6)20(25(33)32(19,7)38)11-12-22-29(4,18-24(35)39-8)21(14-15-30(22,31)5)28(2,3)26(36)40-9/h11,19,21-23,25,34,38H,12-18H2,1-10H3/t19-,21-,22+,23-,25+,29+,30-,31-,32-,33+/m1/s1. The lowest BCUT2D eigenvalue weighted by atomic mass is 9.33. The normalized spacial score (nSPS) is 45.8. The van der Waals surface area contributed by atoms with Gasteiger partial charge >= 0.3 is 17.9 Å². The van der Waals surface area contributed by atoms with Crippen LogP contribution >= 0.6 is 0 Å². The molecular weight excluding hydrogens is 524 g/mol. The molecule has 4 aliphatic rings. The molecule has 10 atom stereocenters. The maximum atomic E-state index is 13.6. The molecule has 232 valence electrons. The van der Waals surface area contributed by atoms with Crippen molar-refractivity contribution >= 4 is 17.9 Å². The van der Waals surface area contributed by atoms with Crippen LogP contribution in [0.15, 0.2) is 11.6 Å². The Balaban J connectivity index is 1.94. The number of methoxy groups -OCH3 is 3. The van der Waals surface area contributed by atoms with E-state index in [2.05, 4.69) is 26.8 Å². The summed E-state index contributed by atoms with van der Waals surface area (Å²) in [6, 6.07) is 0. The van der Waals surface area contributed by atoms with Gasteiger partial charge in [-0.15, -0.1) is 0 Å². The van der Waals surface area contributed by atoms with Crippen molar-refractivity contribution in [1.82, 2.24) is 0 Å². The fourth-order valence-electron chi connectivity index (χ4n) is 10.7. The van der Waals surface area contributed by atoms with Crippen molar-refractivity contribution in [2.75, 3.05) is 21.3 Å². The highest BCUT2D eigenvalue weighted by Gasteiger charge is 2.73. The maximum Gasteiger partial charge on any atom is 0.315 e. The molecule has 2 N–H and O–H groups in total. The van der Waals surface area contributed by atoms with Crippen LogP contribution in [0.25, 0.3) is 0 Å². The quantitative estimate of drug-likeness (QED) is 0.271. The monoisotopic (exact) mass is 576 g/mol. The Kier molecular flexibility index (Phi) is 7.86. The van der Waals surface area contributed by atoms with E-state index in [-0.39, 0.29) is 36.1 Å². The molecule has 3 fully saturated rings. The van der Waals surface area contributed by atoms with Crippen molar-refractivity contribution in [2.45, 2.75) is 105 Å². The Bertz CT molecular complexity index is 1120. The molecular formula is C33H52O8. The molecule has 0 amide bonds. The molecule has 4 rings (SSSR count). The fraction of sp³-hybridized carbons (Fsp3) is 0.848. The summed E-state index contributed by atoms with van der Waals surface area (Å²) in [6.07, 6.45) is 4.81. The van der Waals surface area contributed by atoms with Gasteiger partial charge in [0.05, 0.1) is 44.9 Å². The number of allylic oxidation sites excluding steroid dienone is 1. The molecule has 0 aromatic rings. The van der Waals surface area contributed by atoms with Gasteiger partial charge in [0.25, 0.3) is 0 Å². The van der Waals surface area contributed by atoms with Crippen LogP contribution in [0.3, 0.4) is 0 Å². The van der Waals surface area contributed by atoms with Gasteiger partial charge in [0.2, 0.25) is 0 Å². The number of hydrogen-bond acceptors (Lipinski definition) is 8. The molecule has 0 heterocycles. The van der Waals surface area contributed by atoms with Crippen molar-refractivity contribution in [1.29, 1.82) is 0 Å². The summed E-state index contributed by atoms with van der Waals surface area (Å²) in [4.78, 5) is 39.6. The van der Waals surface area contributed by atoms with Crippen LogP contribution in [0.4, 0.5) is 0 Å². The molecule has 0 bridgehead atoms. The first-order valence-electron chi connectivity index (χ1n) is 15.2. The largest absolute Gasteiger partial charge is 0.469 e. The van der Waals surface area contributed by atoms with Gasteiger partial charge in [-0.2, -0.15) is 0 Å². The van der Waals surface area contributed by atoms with Crippen LogP contribution in [0.5, 0.6) is 0 Å². The molecule has 8 heteroatoms. The maximum absolute atomic E-state index is 13.6. The number of hydrogen-bond donors (Lipinski definition) is 2. The SMILES string of the molecule is COC(=O)C[C@@]1(C)[C@@H](C(C)(C)C(=O)OC)CC[C@]2(C)[C@H]1CC=C1[C@H]3[C@](C)(O)[C@H](C)CC[C@]3(C(=O)OC)[C@H](O)C[C@]12C. The molecule has 0 aromatic heterocycles. The zero-order chi connectivity index (χ0) is 31.0. The number of carbonyl (C=O) groups is 3. The molecule has 0 aromatic carbocycles. The van der Waals surface area contributed by atoms with Crippen LogP contribution in [-0.2, 0) is 28.6 Å². The van der Waals surface area contributed by atoms with Crippen molar-refractivity contribution in [3.05, 3.63) is 11.6 Å². The first-order valence-corrected chi connectivity index (χ1v) is 15.2. The van der Waals surface area contributed by atoms with Gasteiger partial charge in [-0.3, -0.25) is 14.4 Å². The van der Waals surface area contributed by atoms with Crippen LogP contribution in [0.2, 0.25) is 0 Å². The Morgan fingerprint density at radius 1 is 1.00 bits per heavy atom. The second-order valence-corrected chi connectivity index (χ2v) is 15.1. The summed E-state index contributed by atoms with van der Waals surface area (Å²) in [7, 11) is 4.15. The molecule has 3 saturated carbocycles. The van der Waals surface area contributed by atoms with Crippen molar-refractivity contribution < 1.29 is 38.8 Å². The smallest absolute Gasteiger partial charge is 0.315 e. The zero-order valence-corrected chi connectivity index (χ0v) is 26.8. The third-order valence-electron chi connectivity index (χ3n) is 13.3. The molecule has 4 aliphatic carbocycles. The number of aliphatic hydroxyl groups is 2. The third-order valence-corrected chi connectivity index (χ3v) is 13.3. The van der Waals surface area contributed by atoms with Crippen LogP contribution in [0.1, 0.15) is 93.4 Å². The topological polar surface area (TPSA) is 119 Å². The zero-order valence-electron chi connectivity index (χ0n) is 26.8. The number of ether oxygens (including phenoxy) is 3. The molecule has 0 aliphatic heterocycles. The van der Waals surface area contributed by atoms with E-state index in [0.29, 0.717) is 32.1 Å². The summed E-state index contributed by atoms with van der Waals surface area (Å²) in [5.74, 6) is -1.95. The van der Waals surface area contributed by atoms with Gasteiger partial charge in [0, 0.05) is 5.92 Å². The summed E-state index contributed by atoms with van der Waals surface area (Å²) < 4.78 is 15.8. The van der Waals surface area contributed by atoms with Crippen molar-refractivity contribution in [2.24, 2.45) is 50.7 Å². The van der Waals surface area contributed by atoms with Gasteiger partial charge < -0.3 is 24.4 Å². The summed E-state index contributed by atoms with van der Waals surface area (Å²) in [5.41, 5.74) is -3.86. The number of aliphatic hydroxyl groups excluding tert-OH is 1. The van der Waals surface area contributed by atoms with E-state index >= 15 is 0 Å². The second-order valence-electron chi connectivity index (χ2n) is 15.1. The average molecular weight is 577 g/mol. The first kappa shape index (κ1) is 32.0. The van der Waals surface area contributed by atoms with Crippen LogP contribution in [0, 0.1) is 50.7 Å².